The predicted octanol–water partition coefficient (Wildman–Crippen LogP) is 4.97. The largest absolute Gasteiger partial charge is 0.489 e. The molecule has 5 nitrogen and oxygen atoms in total. The second-order valence-corrected chi connectivity index (χ2v) is 8.77. The Labute approximate surface area is 201 Å². The van der Waals surface area contributed by atoms with Gasteiger partial charge in [0.05, 0.1) is 19.6 Å². The molecule has 34 heavy (non-hydrogen) atoms. The number of carboxylic acids is 1. The molecule has 0 aliphatic carbocycles. The Kier molecular flexibility index (Phi) is 8.34. The molecule has 0 amide bonds. The van der Waals surface area contributed by atoms with E-state index < -0.39 is 5.97 Å². The van der Waals surface area contributed by atoms with Crippen LogP contribution in [0.15, 0.2) is 78.9 Å². The van der Waals surface area contributed by atoms with Crippen LogP contribution in [0.5, 0.6) is 5.75 Å². The highest BCUT2D eigenvalue weighted by Gasteiger charge is 2.39. The minimum absolute atomic E-state index is 0.0205. The molecular formula is C29H33NO4. The summed E-state index contributed by atoms with van der Waals surface area (Å²) in [5.74, 6) is 0.0763. The van der Waals surface area contributed by atoms with Gasteiger partial charge in [-0.2, -0.15) is 0 Å². The van der Waals surface area contributed by atoms with Gasteiger partial charge in [-0.1, -0.05) is 72.8 Å². The van der Waals surface area contributed by atoms with E-state index in [1.807, 2.05) is 18.2 Å². The lowest BCUT2D eigenvalue weighted by Gasteiger charge is -2.41. The van der Waals surface area contributed by atoms with Crippen LogP contribution in [0.25, 0.3) is 0 Å². The Morgan fingerprint density at radius 1 is 0.882 bits per heavy atom. The van der Waals surface area contributed by atoms with Crippen molar-refractivity contribution in [2.75, 3.05) is 26.3 Å². The van der Waals surface area contributed by atoms with E-state index in [0.29, 0.717) is 19.6 Å². The van der Waals surface area contributed by atoms with E-state index in [1.165, 1.54) is 16.7 Å². The van der Waals surface area contributed by atoms with E-state index >= 15 is 0 Å². The smallest absolute Gasteiger partial charge is 0.305 e. The van der Waals surface area contributed by atoms with E-state index in [0.717, 1.165) is 37.2 Å². The molecule has 1 aliphatic heterocycles. The molecule has 0 spiro atoms. The number of carbonyl (C=O) groups is 1. The van der Waals surface area contributed by atoms with E-state index in [-0.39, 0.29) is 18.4 Å². The number of nitrogens with one attached hydrogen (secondary N) is 1. The van der Waals surface area contributed by atoms with Gasteiger partial charge < -0.3 is 19.9 Å². The third kappa shape index (κ3) is 5.85. The molecule has 0 atom stereocenters. The lowest BCUT2D eigenvalue weighted by atomic mass is 9.66. The third-order valence-electron chi connectivity index (χ3n) is 6.59. The molecule has 5 heteroatoms. The van der Waals surface area contributed by atoms with Gasteiger partial charge in [0.25, 0.3) is 0 Å². The molecular weight excluding hydrogens is 426 g/mol. The molecule has 0 aromatic heterocycles. The monoisotopic (exact) mass is 459 g/mol. The fraction of sp³-hybridized carbons (Fsp3) is 0.345. The molecule has 1 aliphatic rings. The molecule has 0 radical (unpaired) electrons. The van der Waals surface area contributed by atoms with Crippen molar-refractivity contribution in [2.24, 2.45) is 0 Å². The maximum atomic E-state index is 10.8. The third-order valence-corrected chi connectivity index (χ3v) is 6.59. The van der Waals surface area contributed by atoms with Crippen LogP contribution >= 0.6 is 0 Å². The number of carboxylic acid groups (broad SMARTS) is 1. The normalized spacial score (nSPS) is 15.1. The average Bonchev–Trinajstić information content (AvgIpc) is 2.88. The number of hydrogen-bond donors (Lipinski definition) is 2. The lowest BCUT2D eigenvalue weighted by molar-refractivity contribution is -0.138. The highest BCUT2D eigenvalue weighted by atomic mass is 16.5. The van der Waals surface area contributed by atoms with E-state index in [9.17, 15) is 4.79 Å². The molecule has 1 heterocycles. The van der Waals surface area contributed by atoms with Gasteiger partial charge in [-0.3, -0.25) is 4.79 Å². The molecule has 1 saturated heterocycles. The number of benzene rings is 3. The molecule has 0 saturated carbocycles. The lowest BCUT2D eigenvalue weighted by Crippen LogP contribution is -2.41. The van der Waals surface area contributed by atoms with Gasteiger partial charge in [-0.05, 0) is 55.1 Å². The average molecular weight is 460 g/mol. The first-order chi connectivity index (χ1) is 16.7. The summed E-state index contributed by atoms with van der Waals surface area (Å²) in [5.41, 5.74) is 4.72. The van der Waals surface area contributed by atoms with Gasteiger partial charge >= 0.3 is 5.97 Å². The summed E-state index contributed by atoms with van der Waals surface area (Å²) >= 11 is 0. The molecule has 178 valence electrons. The van der Waals surface area contributed by atoms with Gasteiger partial charge in [-0.15, -0.1) is 0 Å². The van der Waals surface area contributed by atoms with Crippen LogP contribution in [0.2, 0.25) is 0 Å². The van der Waals surface area contributed by atoms with Crippen LogP contribution in [0.4, 0.5) is 0 Å². The van der Waals surface area contributed by atoms with Gasteiger partial charge in [0, 0.05) is 11.0 Å². The SMILES string of the molecule is O=C(O)CCOCCc1cccc(OCc2ccccc2)c1C1(c2ccccc2)CCNCC1. The molecule has 4 rings (SSSR count). The Balaban J connectivity index is 1.69. The zero-order valence-corrected chi connectivity index (χ0v) is 19.5. The van der Waals surface area contributed by atoms with Crippen molar-refractivity contribution in [2.45, 2.75) is 37.7 Å². The van der Waals surface area contributed by atoms with Gasteiger partial charge in [0.1, 0.15) is 12.4 Å². The predicted molar refractivity (Wildman–Crippen MR) is 133 cm³/mol. The van der Waals surface area contributed by atoms with E-state index in [2.05, 4.69) is 66.0 Å². The number of hydrogen-bond acceptors (Lipinski definition) is 4. The van der Waals surface area contributed by atoms with Crippen LogP contribution in [0.3, 0.4) is 0 Å². The van der Waals surface area contributed by atoms with Crippen LogP contribution in [0.1, 0.15) is 41.5 Å². The number of rotatable bonds is 11. The molecule has 0 unspecified atom stereocenters. The number of piperidine rings is 1. The van der Waals surface area contributed by atoms with Crippen LogP contribution in [-0.2, 0) is 28.0 Å². The maximum Gasteiger partial charge on any atom is 0.305 e. The maximum absolute atomic E-state index is 10.8. The van der Waals surface area contributed by atoms with Crippen LogP contribution in [-0.4, -0.2) is 37.4 Å². The molecule has 3 aromatic rings. The first kappa shape index (κ1) is 24.0. The van der Waals surface area contributed by atoms with E-state index in [1.54, 1.807) is 0 Å². The summed E-state index contributed by atoms with van der Waals surface area (Å²) in [6.07, 6.45) is 2.69. The first-order valence-electron chi connectivity index (χ1n) is 12.0. The quantitative estimate of drug-likeness (QED) is 0.396. The van der Waals surface area contributed by atoms with Gasteiger partial charge in [-0.25, -0.2) is 0 Å². The van der Waals surface area contributed by atoms with Gasteiger partial charge in [0.2, 0.25) is 0 Å². The highest BCUT2D eigenvalue weighted by molar-refractivity contribution is 5.66. The first-order valence-corrected chi connectivity index (χ1v) is 12.0. The summed E-state index contributed by atoms with van der Waals surface area (Å²) in [4.78, 5) is 10.8. The molecule has 0 bridgehead atoms. The van der Waals surface area contributed by atoms with Gasteiger partial charge in [0.15, 0.2) is 0 Å². The van der Waals surface area contributed by atoms with Crippen molar-refractivity contribution in [3.8, 4) is 5.75 Å². The molecule has 1 fully saturated rings. The summed E-state index contributed by atoms with van der Waals surface area (Å²) < 4.78 is 12.1. The standard InChI is InChI=1S/C29H33NO4/c31-27(32)15-21-33-20-14-24-10-7-13-26(34-22-23-8-3-1-4-9-23)28(24)29(16-18-30-19-17-29)25-11-5-2-6-12-25/h1-13,30H,14-22H2,(H,31,32). The van der Waals surface area contributed by atoms with Crippen molar-refractivity contribution in [3.63, 3.8) is 0 Å². The van der Waals surface area contributed by atoms with Crippen molar-refractivity contribution < 1.29 is 19.4 Å². The minimum Gasteiger partial charge on any atom is -0.489 e. The molecule has 2 N–H and O–H groups in total. The summed E-state index contributed by atoms with van der Waals surface area (Å²) in [5, 5.41) is 12.4. The zero-order chi connectivity index (χ0) is 23.6. The second kappa shape index (κ2) is 11.8. The van der Waals surface area contributed by atoms with Crippen molar-refractivity contribution in [1.29, 1.82) is 0 Å². The summed E-state index contributed by atoms with van der Waals surface area (Å²) in [7, 11) is 0. The Bertz CT molecular complexity index is 1050. The Hall–Kier alpha value is -3.15. The van der Waals surface area contributed by atoms with Crippen molar-refractivity contribution in [1.82, 2.24) is 5.32 Å². The summed E-state index contributed by atoms with van der Waals surface area (Å²) in [6.45, 7) is 3.09. The number of aliphatic carboxylic acids is 1. The zero-order valence-electron chi connectivity index (χ0n) is 19.5. The fourth-order valence-electron chi connectivity index (χ4n) is 4.92. The van der Waals surface area contributed by atoms with Crippen molar-refractivity contribution in [3.05, 3.63) is 101 Å². The van der Waals surface area contributed by atoms with Crippen LogP contribution < -0.4 is 10.1 Å². The summed E-state index contributed by atoms with van der Waals surface area (Å²) in [6, 6.07) is 27.3. The molecule has 3 aromatic carbocycles. The van der Waals surface area contributed by atoms with Crippen molar-refractivity contribution >= 4 is 5.97 Å². The topological polar surface area (TPSA) is 67.8 Å². The Morgan fingerprint density at radius 3 is 2.29 bits per heavy atom. The minimum atomic E-state index is -0.838. The highest BCUT2D eigenvalue weighted by Crippen LogP contribution is 2.46. The fourth-order valence-corrected chi connectivity index (χ4v) is 4.92. The van der Waals surface area contributed by atoms with Crippen LogP contribution in [0, 0.1) is 0 Å². The number of ether oxygens (including phenoxy) is 2. The Morgan fingerprint density at radius 2 is 1.59 bits per heavy atom. The second-order valence-electron chi connectivity index (χ2n) is 8.77. The van der Waals surface area contributed by atoms with E-state index in [4.69, 9.17) is 14.6 Å².